The van der Waals surface area contributed by atoms with Gasteiger partial charge in [0, 0.05) is 11.9 Å². The van der Waals surface area contributed by atoms with Gasteiger partial charge in [-0.2, -0.15) is 0 Å². The summed E-state index contributed by atoms with van der Waals surface area (Å²) in [4.78, 5) is 18.9. The molecule has 0 saturated heterocycles. The standard InChI is InChI=1S/C9H18O2.C2H4O2/c1-2-3-4-5-6-7-8-9(10)11;1-2(3)4/h2-8H2,1H3,(H,10,11);1H3,(H,3,4)/p-2. The maximum atomic E-state index is 9.98. The zero-order valence-corrected chi connectivity index (χ0v) is 9.58. The molecule has 0 amide bonds. The summed E-state index contributed by atoms with van der Waals surface area (Å²) in [6, 6.07) is 0. The Kier molecular flexibility index (Phi) is 14.1. The lowest BCUT2D eigenvalue weighted by atomic mass is 10.1. The summed E-state index contributed by atoms with van der Waals surface area (Å²) in [5, 5.41) is 18.9. The Balaban J connectivity index is 0. The van der Waals surface area contributed by atoms with Crippen molar-refractivity contribution in [1.82, 2.24) is 0 Å². The van der Waals surface area contributed by atoms with E-state index in [1.807, 2.05) is 0 Å². The van der Waals surface area contributed by atoms with Gasteiger partial charge in [0.2, 0.25) is 0 Å². The SMILES string of the molecule is CC(=O)[O-].CCCCCCCCC(=O)[O-]. The molecule has 0 aliphatic carbocycles. The minimum atomic E-state index is -1.08. The lowest BCUT2D eigenvalue weighted by molar-refractivity contribution is -0.306. The lowest BCUT2D eigenvalue weighted by Crippen LogP contribution is -2.21. The Morgan fingerprint density at radius 3 is 1.73 bits per heavy atom. The molecule has 0 radical (unpaired) electrons. The number of carbonyl (C=O) groups is 2. The van der Waals surface area contributed by atoms with E-state index in [-0.39, 0.29) is 6.42 Å². The Bertz CT molecular complexity index is 162. The molecule has 90 valence electrons. The van der Waals surface area contributed by atoms with Gasteiger partial charge in [0.1, 0.15) is 0 Å². The summed E-state index contributed by atoms with van der Waals surface area (Å²) >= 11 is 0. The predicted molar refractivity (Wildman–Crippen MR) is 53.7 cm³/mol. The molecule has 4 nitrogen and oxygen atoms in total. The fourth-order valence-corrected chi connectivity index (χ4v) is 1.05. The number of hydrogen-bond acceptors (Lipinski definition) is 4. The van der Waals surface area contributed by atoms with Crippen molar-refractivity contribution in [2.24, 2.45) is 0 Å². The smallest absolute Gasteiger partial charge is 0.0414 e. The van der Waals surface area contributed by atoms with E-state index in [0.29, 0.717) is 0 Å². The van der Waals surface area contributed by atoms with Crippen LogP contribution in [0.15, 0.2) is 0 Å². The third kappa shape index (κ3) is 32.2. The summed E-state index contributed by atoms with van der Waals surface area (Å²) in [6.45, 7) is 3.14. The van der Waals surface area contributed by atoms with Crippen LogP contribution in [-0.4, -0.2) is 11.9 Å². The molecular formula is C11H20O4-2. The summed E-state index contributed by atoms with van der Waals surface area (Å²) in [7, 11) is 0. The van der Waals surface area contributed by atoms with Crippen LogP contribution in [0.25, 0.3) is 0 Å². The molecule has 15 heavy (non-hydrogen) atoms. The van der Waals surface area contributed by atoms with Crippen molar-refractivity contribution in [2.45, 2.75) is 58.8 Å². The average Bonchev–Trinajstić information content (AvgIpc) is 2.09. The number of hydrogen-bond donors (Lipinski definition) is 0. The average molecular weight is 216 g/mol. The molecule has 0 spiro atoms. The third-order valence-electron chi connectivity index (χ3n) is 1.73. The monoisotopic (exact) mass is 216 g/mol. The highest BCUT2D eigenvalue weighted by Crippen LogP contribution is 2.05. The van der Waals surface area contributed by atoms with E-state index in [4.69, 9.17) is 9.90 Å². The molecular weight excluding hydrogens is 196 g/mol. The largest absolute Gasteiger partial charge is 0.550 e. The molecule has 0 saturated carbocycles. The van der Waals surface area contributed by atoms with Gasteiger partial charge in [-0.25, -0.2) is 0 Å². The normalized spacial score (nSPS) is 8.93. The molecule has 0 N–H and O–H groups in total. The van der Waals surface area contributed by atoms with E-state index in [1.54, 1.807) is 0 Å². The fraction of sp³-hybridized carbons (Fsp3) is 0.818. The van der Waals surface area contributed by atoms with Crippen molar-refractivity contribution in [3.63, 3.8) is 0 Å². The van der Waals surface area contributed by atoms with Crippen molar-refractivity contribution < 1.29 is 19.8 Å². The Labute approximate surface area is 91.3 Å². The van der Waals surface area contributed by atoms with E-state index in [0.717, 1.165) is 19.8 Å². The van der Waals surface area contributed by atoms with Gasteiger partial charge >= 0.3 is 0 Å². The third-order valence-corrected chi connectivity index (χ3v) is 1.73. The summed E-state index contributed by atoms with van der Waals surface area (Å²) in [6.07, 6.45) is 6.96. The first-order valence-corrected chi connectivity index (χ1v) is 5.38. The highest BCUT2D eigenvalue weighted by Gasteiger charge is 1.89. The van der Waals surface area contributed by atoms with Crippen LogP contribution in [0, 0.1) is 0 Å². The molecule has 0 fully saturated rings. The van der Waals surface area contributed by atoms with E-state index in [2.05, 4.69) is 6.92 Å². The van der Waals surface area contributed by atoms with Crippen LogP contribution in [0.4, 0.5) is 0 Å². The van der Waals surface area contributed by atoms with E-state index in [1.165, 1.54) is 25.7 Å². The van der Waals surface area contributed by atoms with Gasteiger partial charge in [-0.15, -0.1) is 0 Å². The van der Waals surface area contributed by atoms with Crippen molar-refractivity contribution in [1.29, 1.82) is 0 Å². The van der Waals surface area contributed by atoms with Gasteiger partial charge in [-0.3, -0.25) is 0 Å². The minimum absolute atomic E-state index is 0.228. The molecule has 0 bridgehead atoms. The van der Waals surface area contributed by atoms with Gasteiger partial charge in [0.25, 0.3) is 0 Å². The Hall–Kier alpha value is -1.06. The molecule has 0 aromatic heterocycles. The molecule has 0 aliphatic rings. The van der Waals surface area contributed by atoms with E-state index < -0.39 is 11.9 Å². The second-order valence-electron chi connectivity index (χ2n) is 3.38. The van der Waals surface area contributed by atoms with Crippen LogP contribution < -0.4 is 10.2 Å². The van der Waals surface area contributed by atoms with Gasteiger partial charge in [-0.05, 0) is 19.8 Å². The second-order valence-corrected chi connectivity index (χ2v) is 3.38. The molecule has 0 aromatic rings. The predicted octanol–water partition coefficient (Wildman–Crippen LogP) is 0.243. The molecule has 0 atom stereocenters. The van der Waals surface area contributed by atoms with Crippen molar-refractivity contribution >= 4 is 11.9 Å². The molecule has 0 rings (SSSR count). The van der Waals surface area contributed by atoms with Gasteiger partial charge in [0.15, 0.2) is 0 Å². The molecule has 0 aromatic carbocycles. The molecule has 0 unspecified atom stereocenters. The van der Waals surface area contributed by atoms with Crippen LogP contribution in [0.5, 0.6) is 0 Å². The summed E-state index contributed by atoms with van der Waals surface area (Å²) < 4.78 is 0. The first kappa shape index (κ1) is 16.4. The number of carboxylic acid groups (broad SMARTS) is 2. The zero-order chi connectivity index (χ0) is 12.1. The topological polar surface area (TPSA) is 80.3 Å². The van der Waals surface area contributed by atoms with Crippen molar-refractivity contribution in [3.05, 3.63) is 0 Å². The first-order chi connectivity index (χ1) is 7.00. The zero-order valence-electron chi connectivity index (χ0n) is 9.58. The molecule has 4 heteroatoms. The molecule has 0 aliphatic heterocycles. The number of carbonyl (C=O) groups excluding carboxylic acids is 2. The second kappa shape index (κ2) is 12.9. The first-order valence-electron chi connectivity index (χ1n) is 5.38. The number of rotatable bonds is 7. The quantitative estimate of drug-likeness (QED) is 0.571. The van der Waals surface area contributed by atoms with Crippen molar-refractivity contribution in [3.8, 4) is 0 Å². The van der Waals surface area contributed by atoms with Gasteiger partial charge in [0.05, 0.1) is 0 Å². The summed E-state index contributed by atoms with van der Waals surface area (Å²) in [5.74, 6) is -2.00. The van der Waals surface area contributed by atoms with Crippen LogP contribution in [-0.2, 0) is 9.59 Å². The maximum absolute atomic E-state index is 9.98. The van der Waals surface area contributed by atoms with Crippen molar-refractivity contribution in [2.75, 3.05) is 0 Å². The highest BCUT2D eigenvalue weighted by molar-refractivity contribution is 5.64. The van der Waals surface area contributed by atoms with E-state index in [9.17, 15) is 9.90 Å². The summed E-state index contributed by atoms with van der Waals surface area (Å²) in [5.41, 5.74) is 0. The van der Waals surface area contributed by atoms with Gasteiger partial charge in [-0.1, -0.05) is 39.0 Å². The van der Waals surface area contributed by atoms with Crippen LogP contribution in [0.1, 0.15) is 58.8 Å². The number of carboxylic acids is 2. The Morgan fingerprint density at radius 1 is 0.933 bits per heavy atom. The highest BCUT2D eigenvalue weighted by atomic mass is 16.4. The number of unbranched alkanes of at least 4 members (excludes halogenated alkanes) is 5. The fourth-order valence-electron chi connectivity index (χ4n) is 1.05. The lowest BCUT2D eigenvalue weighted by Gasteiger charge is -2.00. The molecule has 0 heterocycles. The van der Waals surface area contributed by atoms with E-state index >= 15 is 0 Å². The van der Waals surface area contributed by atoms with Gasteiger partial charge < -0.3 is 19.8 Å². The Morgan fingerprint density at radius 2 is 1.33 bits per heavy atom. The van der Waals surface area contributed by atoms with Crippen LogP contribution >= 0.6 is 0 Å². The van der Waals surface area contributed by atoms with Crippen LogP contribution in [0.3, 0.4) is 0 Å². The minimum Gasteiger partial charge on any atom is -0.550 e. The number of aliphatic carboxylic acids is 2. The van der Waals surface area contributed by atoms with Crippen LogP contribution in [0.2, 0.25) is 0 Å². The maximum Gasteiger partial charge on any atom is 0.0414 e.